The van der Waals surface area contributed by atoms with Crippen LogP contribution in [0.2, 0.25) is 0 Å². The first-order valence-electron chi connectivity index (χ1n) is 10.4. The highest BCUT2D eigenvalue weighted by atomic mass is 32.2. The van der Waals surface area contributed by atoms with Gasteiger partial charge in [0.1, 0.15) is 0 Å². The number of hydrogen-bond donors (Lipinski definition) is 1. The van der Waals surface area contributed by atoms with E-state index in [2.05, 4.69) is 5.32 Å². The number of sulfonamides is 1. The fourth-order valence-corrected chi connectivity index (χ4v) is 4.10. The van der Waals surface area contributed by atoms with E-state index >= 15 is 0 Å². The van der Waals surface area contributed by atoms with Gasteiger partial charge in [-0.25, -0.2) is 8.42 Å². The number of carbonyl (C=O) groups is 1. The summed E-state index contributed by atoms with van der Waals surface area (Å²) in [6, 6.07) is 12.9. The van der Waals surface area contributed by atoms with E-state index in [0.29, 0.717) is 43.4 Å². The van der Waals surface area contributed by atoms with Gasteiger partial charge in [0, 0.05) is 19.5 Å². The second kappa shape index (κ2) is 11.6. The monoisotopic (exact) mass is 448 g/mol. The van der Waals surface area contributed by atoms with Crippen LogP contribution in [-0.2, 0) is 21.4 Å². The van der Waals surface area contributed by atoms with Gasteiger partial charge in [-0.15, -0.1) is 0 Å². The third-order valence-corrected chi connectivity index (χ3v) is 5.75. The molecule has 1 amide bonds. The summed E-state index contributed by atoms with van der Waals surface area (Å²) >= 11 is 0. The molecule has 7 nitrogen and oxygen atoms in total. The zero-order valence-corrected chi connectivity index (χ0v) is 19.5. The van der Waals surface area contributed by atoms with E-state index in [4.69, 9.17) is 9.47 Å². The average Bonchev–Trinajstić information content (AvgIpc) is 2.70. The van der Waals surface area contributed by atoms with Crippen molar-refractivity contribution in [3.8, 4) is 11.5 Å². The molecule has 1 N–H and O–H groups in total. The molecule has 8 heteroatoms. The van der Waals surface area contributed by atoms with Gasteiger partial charge in [0.15, 0.2) is 11.5 Å². The molecule has 0 unspecified atom stereocenters. The van der Waals surface area contributed by atoms with Gasteiger partial charge in [-0.2, -0.15) is 0 Å². The van der Waals surface area contributed by atoms with E-state index < -0.39 is 10.0 Å². The molecule has 2 rings (SSSR count). The Kier molecular flexibility index (Phi) is 9.18. The predicted octanol–water partition coefficient (Wildman–Crippen LogP) is 3.66. The maximum absolute atomic E-state index is 12.3. The number of hydrogen-bond acceptors (Lipinski definition) is 5. The van der Waals surface area contributed by atoms with Crippen molar-refractivity contribution in [2.24, 2.45) is 0 Å². The summed E-state index contributed by atoms with van der Waals surface area (Å²) in [7, 11) is -3.43. The Morgan fingerprint density at radius 2 is 1.74 bits per heavy atom. The lowest BCUT2D eigenvalue weighted by Crippen LogP contribution is -2.32. The van der Waals surface area contributed by atoms with E-state index in [9.17, 15) is 13.2 Å². The number of anilines is 1. The van der Waals surface area contributed by atoms with Crippen molar-refractivity contribution in [1.29, 1.82) is 0 Å². The minimum absolute atomic E-state index is 0.135. The van der Waals surface area contributed by atoms with Crippen LogP contribution in [0.3, 0.4) is 0 Å². The van der Waals surface area contributed by atoms with Crippen molar-refractivity contribution < 1.29 is 22.7 Å². The molecule has 2 aromatic rings. The lowest BCUT2D eigenvalue weighted by atomic mass is 10.2. The molecule has 0 heterocycles. The van der Waals surface area contributed by atoms with Crippen molar-refractivity contribution in [2.45, 2.75) is 40.2 Å². The van der Waals surface area contributed by atoms with E-state index in [1.807, 2.05) is 57.2 Å². The average molecular weight is 449 g/mol. The van der Waals surface area contributed by atoms with Crippen LogP contribution in [0.25, 0.3) is 0 Å². The summed E-state index contributed by atoms with van der Waals surface area (Å²) in [6.45, 7) is 7.40. The Bertz CT molecular complexity index is 976. The summed E-state index contributed by atoms with van der Waals surface area (Å²) in [4.78, 5) is 12.3. The molecule has 0 radical (unpaired) electrons. The van der Waals surface area contributed by atoms with Crippen LogP contribution < -0.4 is 19.1 Å². The lowest BCUT2D eigenvalue weighted by molar-refractivity contribution is -0.121. The zero-order valence-electron chi connectivity index (χ0n) is 18.7. The number of ether oxygens (including phenoxy) is 2. The standard InChI is InChI=1S/C23H32N2O5S/c1-5-29-21-13-12-19(16-22(21)30-6-2)17-24-23(26)11-8-14-25(31(4,27)28)20-10-7-9-18(3)15-20/h7,9-10,12-13,15-16H,5-6,8,11,14,17H2,1-4H3,(H,24,26). The molecule has 0 aliphatic rings. The second-order valence-corrected chi connectivity index (χ2v) is 9.11. The minimum Gasteiger partial charge on any atom is -0.490 e. The number of nitrogens with zero attached hydrogens (tertiary/aromatic N) is 1. The Morgan fingerprint density at radius 3 is 2.39 bits per heavy atom. The number of nitrogens with one attached hydrogen (secondary N) is 1. The summed E-state index contributed by atoms with van der Waals surface area (Å²) < 4.78 is 36.9. The molecular formula is C23H32N2O5S. The van der Waals surface area contributed by atoms with Gasteiger partial charge in [-0.1, -0.05) is 18.2 Å². The quantitative estimate of drug-likeness (QED) is 0.536. The van der Waals surface area contributed by atoms with Crippen molar-refractivity contribution in [3.05, 3.63) is 53.6 Å². The van der Waals surface area contributed by atoms with E-state index in [-0.39, 0.29) is 18.9 Å². The Balaban J connectivity index is 1.90. The third kappa shape index (κ3) is 7.79. The molecule has 0 fully saturated rings. The summed E-state index contributed by atoms with van der Waals surface area (Å²) in [6.07, 6.45) is 1.82. The highest BCUT2D eigenvalue weighted by Crippen LogP contribution is 2.28. The van der Waals surface area contributed by atoms with Gasteiger partial charge in [-0.05, 0) is 62.6 Å². The second-order valence-electron chi connectivity index (χ2n) is 7.20. The molecule has 0 aliphatic heterocycles. The van der Waals surface area contributed by atoms with Crippen LogP contribution in [0.5, 0.6) is 11.5 Å². The molecule has 0 aromatic heterocycles. The van der Waals surface area contributed by atoms with E-state index in [1.54, 1.807) is 6.07 Å². The first-order chi connectivity index (χ1) is 14.7. The normalized spacial score (nSPS) is 11.1. The van der Waals surface area contributed by atoms with Crippen molar-refractivity contribution in [3.63, 3.8) is 0 Å². The predicted molar refractivity (Wildman–Crippen MR) is 123 cm³/mol. The molecular weight excluding hydrogens is 416 g/mol. The van der Waals surface area contributed by atoms with Gasteiger partial charge < -0.3 is 14.8 Å². The topological polar surface area (TPSA) is 84.9 Å². The molecule has 2 aromatic carbocycles. The molecule has 0 atom stereocenters. The van der Waals surface area contributed by atoms with Gasteiger partial charge in [0.05, 0.1) is 25.2 Å². The van der Waals surface area contributed by atoms with Gasteiger partial charge >= 0.3 is 0 Å². The van der Waals surface area contributed by atoms with Crippen LogP contribution in [0, 0.1) is 6.92 Å². The number of aryl methyl sites for hydroxylation is 1. The van der Waals surface area contributed by atoms with Crippen LogP contribution in [0.1, 0.15) is 37.8 Å². The minimum atomic E-state index is -3.43. The maximum atomic E-state index is 12.3. The van der Waals surface area contributed by atoms with Crippen LogP contribution >= 0.6 is 0 Å². The molecule has 0 bridgehead atoms. The molecule has 31 heavy (non-hydrogen) atoms. The fourth-order valence-electron chi connectivity index (χ4n) is 3.15. The first kappa shape index (κ1) is 24.5. The third-order valence-electron chi connectivity index (χ3n) is 4.55. The molecule has 0 saturated heterocycles. The largest absolute Gasteiger partial charge is 0.490 e. The first-order valence-corrected chi connectivity index (χ1v) is 12.3. The fraction of sp³-hybridized carbons (Fsp3) is 0.435. The number of amides is 1. The number of rotatable bonds is 12. The maximum Gasteiger partial charge on any atom is 0.232 e. The molecule has 0 saturated carbocycles. The smallest absolute Gasteiger partial charge is 0.232 e. The van der Waals surface area contributed by atoms with E-state index in [0.717, 1.165) is 11.1 Å². The van der Waals surface area contributed by atoms with Gasteiger partial charge in [0.25, 0.3) is 0 Å². The van der Waals surface area contributed by atoms with E-state index in [1.165, 1.54) is 10.6 Å². The van der Waals surface area contributed by atoms with Crippen LogP contribution in [0.15, 0.2) is 42.5 Å². The summed E-state index contributed by atoms with van der Waals surface area (Å²) in [5.41, 5.74) is 2.49. The van der Waals surface area contributed by atoms with Gasteiger partial charge in [0.2, 0.25) is 15.9 Å². The van der Waals surface area contributed by atoms with Crippen molar-refractivity contribution >= 4 is 21.6 Å². The molecule has 170 valence electrons. The molecule has 0 spiro atoms. The Hall–Kier alpha value is -2.74. The number of carbonyl (C=O) groups excluding carboxylic acids is 1. The Labute approximate surface area is 185 Å². The van der Waals surface area contributed by atoms with Crippen LogP contribution in [-0.4, -0.2) is 40.3 Å². The molecule has 0 aliphatic carbocycles. The van der Waals surface area contributed by atoms with Crippen molar-refractivity contribution in [1.82, 2.24) is 5.32 Å². The number of benzene rings is 2. The summed E-state index contributed by atoms with van der Waals surface area (Å²) in [5, 5.41) is 2.88. The lowest BCUT2D eigenvalue weighted by Gasteiger charge is -2.22. The van der Waals surface area contributed by atoms with Gasteiger partial charge in [-0.3, -0.25) is 9.10 Å². The van der Waals surface area contributed by atoms with Crippen molar-refractivity contribution in [2.75, 3.05) is 30.3 Å². The summed E-state index contributed by atoms with van der Waals surface area (Å²) in [5.74, 6) is 1.19. The highest BCUT2D eigenvalue weighted by Gasteiger charge is 2.17. The van der Waals surface area contributed by atoms with Crippen LogP contribution in [0.4, 0.5) is 5.69 Å². The highest BCUT2D eigenvalue weighted by molar-refractivity contribution is 7.92. The zero-order chi connectivity index (χ0) is 22.9. The SMILES string of the molecule is CCOc1ccc(CNC(=O)CCCN(c2cccc(C)c2)S(C)(=O)=O)cc1OCC. The Morgan fingerprint density at radius 1 is 1.03 bits per heavy atom.